The number of fused-ring (bicyclic) bond motifs is 1. The van der Waals surface area contributed by atoms with Gasteiger partial charge in [-0.2, -0.15) is 0 Å². The van der Waals surface area contributed by atoms with Gasteiger partial charge in [0.05, 0.1) is 12.3 Å². The maximum absolute atomic E-state index is 9.66. The second-order valence-corrected chi connectivity index (χ2v) is 6.14. The Morgan fingerprint density at radius 2 is 2.00 bits per heavy atom. The zero-order chi connectivity index (χ0) is 14.6. The lowest BCUT2D eigenvalue weighted by Gasteiger charge is -2.29. The summed E-state index contributed by atoms with van der Waals surface area (Å²) in [7, 11) is 0. The molecule has 0 saturated carbocycles. The first-order valence-corrected chi connectivity index (χ1v) is 7.56. The maximum Gasteiger partial charge on any atom is 0.146 e. The van der Waals surface area contributed by atoms with Gasteiger partial charge >= 0.3 is 0 Å². The molecule has 1 aliphatic carbocycles. The van der Waals surface area contributed by atoms with Gasteiger partial charge in [0, 0.05) is 11.5 Å². The normalized spacial score (nSPS) is 21.4. The molecule has 1 aromatic rings. The molecule has 3 heteroatoms. The molecule has 1 N–H and O–H groups in total. The van der Waals surface area contributed by atoms with Crippen molar-refractivity contribution in [3.8, 4) is 0 Å². The molecule has 110 valence electrons. The van der Waals surface area contributed by atoms with Gasteiger partial charge in [-0.1, -0.05) is 46.7 Å². The third-order valence-electron chi connectivity index (χ3n) is 4.09. The van der Waals surface area contributed by atoms with Gasteiger partial charge in [-0.15, -0.1) is 0 Å². The molecule has 0 radical (unpaired) electrons. The highest BCUT2D eigenvalue weighted by molar-refractivity contribution is 5.30. The zero-order valence-corrected chi connectivity index (χ0v) is 13.3. The minimum absolute atomic E-state index is 0.0833. The molecular formula is C16H29NO2. The average molecular weight is 267 g/mol. The average Bonchev–Trinajstić information content (AvgIpc) is 2.71. The smallest absolute Gasteiger partial charge is 0.146 e. The molecule has 0 aliphatic heterocycles. The van der Waals surface area contributed by atoms with Crippen molar-refractivity contribution in [3.63, 3.8) is 0 Å². The SMILES string of the molecule is CC.CC(C)c1noc2c1CCCC(C)(C)C2CO. The summed E-state index contributed by atoms with van der Waals surface area (Å²) < 4.78 is 5.56. The van der Waals surface area contributed by atoms with E-state index in [-0.39, 0.29) is 17.9 Å². The molecule has 1 aliphatic rings. The standard InChI is InChI=1S/C14H23NO2.C2H6/c1-9(2)12-10-6-5-7-14(3,4)11(8-16)13(10)17-15-12;1-2/h9,11,16H,5-8H2,1-4H3;1-2H3. The van der Waals surface area contributed by atoms with E-state index in [2.05, 4.69) is 32.9 Å². The first-order chi connectivity index (χ1) is 8.97. The van der Waals surface area contributed by atoms with E-state index in [1.165, 1.54) is 5.56 Å². The minimum atomic E-state index is 0.0833. The maximum atomic E-state index is 9.66. The molecule has 1 atom stereocenters. The predicted molar refractivity (Wildman–Crippen MR) is 78.5 cm³/mol. The second-order valence-electron chi connectivity index (χ2n) is 6.14. The van der Waals surface area contributed by atoms with Crippen LogP contribution in [0.4, 0.5) is 0 Å². The van der Waals surface area contributed by atoms with Gasteiger partial charge < -0.3 is 9.63 Å². The monoisotopic (exact) mass is 267 g/mol. The van der Waals surface area contributed by atoms with Crippen molar-refractivity contribution >= 4 is 0 Å². The molecule has 0 amide bonds. The van der Waals surface area contributed by atoms with Crippen LogP contribution >= 0.6 is 0 Å². The Morgan fingerprint density at radius 1 is 1.37 bits per heavy atom. The fourth-order valence-corrected chi connectivity index (χ4v) is 2.89. The number of hydrogen-bond acceptors (Lipinski definition) is 3. The van der Waals surface area contributed by atoms with Crippen LogP contribution in [0, 0.1) is 5.41 Å². The van der Waals surface area contributed by atoms with Crippen LogP contribution in [-0.2, 0) is 6.42 Å². The summed E-state index contributed by atoms with van der Waals surface area (Å²) in [5.41, 5.74) is 2.43. The van der Waals surface area contributed by atoms with Gasteiger partial charge in [0.1, 0.15) is 5.76 Å². The van der Waals surface area contributed by atoms with Gasteiger partial charge in [-0.05, 0) is 30.6 Å². The van der Waals surface area contributed by atoms with Crippen molar-refractivity contribution in [2.75, 3.05) is 6.61 Å². The predicted octanol–water partition coefficient (Wildman–Crippen LogP) is 4.26. The highest BCUT2D eigenvalue weighted by atomic mass is 16.5. The zero-order valence-electron chi connectivity index (χ0n) is 13.3. The molecule has 0 fully saturated rings. The van der Waals surface area contributed by atoms with Crippen LogP contribution in [0.15, 0.2) is 4.52 Å². The van der Waals surface area contributed by atoms with E-state index in [0.29, 0.717) is 5.92 Å². The molecule has 1 heterocycles. The van der Waals surface area contributed by atoms with Gasteiger partial charge in [-0.3, -0.25) is 0 Å². The van der Waals surface area contributed by atoms with Crippen LogP contribution < -0.4 is 0 Å². The Hall–Kier alpha value is -0.830. The van der Waals surface area contributed by atoms with Gasteiger partial charge in [0.15, 0.2) is 0 Å². The first kappa shape index (κ1) is 16.2. The number of nitrogens with zero attached hydrogens (tertiary/aromatic N) is 1. The van der Waals surface area contributed by atoms with Gasteiger partial charge in [0.2, 0.25) is 0 Å². The summed E-state index contributed by atoms with van der Waals surface area (Å²) >= 11 is 0. The Balaban J connectivity index is 0.000000861. The van der Waals surface area contributed by atoms with Crippen molar-refractivity contribution in [3.05, 3.63) is 17.0 Å². The molecule has 0 spiro atoms. The second kappa shape index (κ2) is 6.56. The topological polar surface area (TPSA) is 46.3 Å². The molecule has 1 unspecified atom stereocenters. The fourth-order valence-electron chi connectivity index (χ4n) is 2.89. The lowest BCUT2D eigenvalue weighted by molar-refractivity contribution is 0.142. The lowest BCUT2D eigenvalue weighted by atomic mass is 9.75. The van der Waals surface area contributed by atoms with E-state index in [1.807, 2.05) is 13.8 Å². The molecule has 0 aromatic carbocycles. The molecule has 19 heavy (non-hydrogen) atoms. The highest BCUT2D eigenvalue weighted by Gasteiger charge is 2.38. The molecule has 3 nitrogen and oxygen atoms in total. The number of aliphatic hydroxyl groups is 1. The summed E-state index contributed by atoms with van der Waals surface area (Å²) in [5, 5.41) is 13.9. The Kier molecular flexibility index (Phi) is 5.60. The van der Waals surface area contributed by atoms with Crippen molar-refractivity contribution < 1.29 is 9.63 Å². The number of aliphatic hydroxyl groups excluding tert-OH is 1. The molecular weight excluding hydrogens is 238 g/mol. The quantitative estimate of drug-likeness (QED) is 0.814. The Morgan fingerprint density at radius 3 is 2.53 bits per heavy atom. The van der Waals surface area contributed by atoms with Crippen molar-refractivity contribution in [1.82, 2.24) is 5.16 Å². The van der Waals surface area contributed by atoms with E-state index in [0.717, 1.165) is 30.7 Å². The van der Waals surface area contributed by atoms with E-state index in [9.17, 15) is 5.11 Å². The Bertz CT molecular complexity index is 393. The number of rotatable bonds is 2. The van der Waals surface area contributed by atoms with Crippen molar-refractivity contribution in [1.29, 1.82) is 0 Å². The van der Waals surface area contributed by atoms with Crippen LogP contribution in [0.25, 0.3) is 0 Å². The van der Waals surface area contributed by atoms with Gasteiger partial charge in [0.25, 0.3) is 0 Å². The van der Waals surface area contributed by atoms with Gasteiger partial charge in [-0.25, -0.2) is 0 Å². The lowest BCUT2D eigenvalue weighted by Crippen LogP contribution is -2.24. The van der Waals surface area contributed by atoms with Crippen LogP contribution in [-0.4, -0.2) is 16.9 Å². The number of hydrogen-bond donors (Lipinski definition) is 1. The van der Waals surface area contributed by atoms with E-state index < -0.39 is 0 Å². The summed E-state index contributed by atoms with van der Waals surface area (Å²) in [6.07, 6.45) is 3.31. The fraction of sp³-hybridized carbons (Fsp3) is 0.812. The van der Waals surface area contributed by atoms with Crippen molar-refractivity contribution in [2.45, 2.75) is 72.6 Å². The van der Waals surface area contributed by atoms with E-state index in [1.54, 1.807) is 0 Å². The number of aromatic nitrogens is 1. The summed E-state index contributed by atoms with van der Waals surface area (Å²) in [5.74, 6) is 1.40. The first-order valence-electron chi connectivity index (χ1n) is 7.56. The molecule has 1 aromatic heterocycles. The van der Waals surface area contributed by atoms with E-state index >= 15 is 0 Å². The van der Waals surface area contributed by atoms with E-state index in [4.69, 9.17) is 4.52 Å². The summed E-state index contributed by atoms with van der Waals surface area (Å²) in [6.45, 7) is 12.8. The van der Waals surface area contributed by atoms with Crippen LogP contribution in [0.1, 0.15) is 83.2 Å². The third-order valence-corrected chi connectivity index (χ3v) is 4.09. The molecule has 0 saturated heterocycles. The molecule has 0 bridgehead atoms. The molecule has 2 rings (SSSR count). The third kappa shape index (κ3) is 3.19. The largest absolute Gasteiger partial charge is 0.396 e. The minimum Gasteiger partial charge on any atom is -0.396 e. The summed E-state index contributed by atoms with van der Waals surface area (Å²) in [4.78, 5) is 0. The van der Waals surface area contributed by atoms with Crippen LogP contribution in [0.5, 0.6) is 0 Å². The van der Waals surface area contributed by atoms with Crippen LogP contribution in [0.2, 0.25) is 0 Å². The highest BCUT2D eigenvalue weighted by Crippen LogP contribution is 2.45. The van der Waals surface area contributed by atoms with Crippen molar-refractivity contribution in [2.24, 2.45) is 5.41 Å². The van der Waals surface area contributed by atoms with Crippen LogP contribution in [0.3, 0.4) is 0 Å². The summed E-state index contributed by atoms with van der Waals surface area (Å²) in [6, 6.07) is 0. The Labute approximate surface area is 117 Å².